The van der Waals surface area contributed by atoms with Crippen molar-refractivity contribution in [2.45, 2.75) is 20.0 Å². The molecule has 1 aromatic rings. The van der Waals surface area contributed by atoms with Crippen molar-refractivity contribution in [2.24, 2.45) is 0 Å². The molecule has 1 amide bonds. The normalized spacial score (nSPS) is 10.6. The molecule has 0 saturated carbocycles. The molecule has 1 aromatic carbocycles. The maximum Gasteiger partial charge on any atom is 0.252 e. The number of ether oxygens (including phenoxy) is 1. The molecule has 0 aliphatic carbocycles. The highest BCUT2D eigenvalue weighted by molar-refractivity contribution is 14.1. The number of rotatable bonds is 5. The van der Waals surface area contributed by atoms with Crippen LogP contribution in [0.25, 0.3) is 0 Å². The van der Waals surface area contributed by atoms with Crippen LogP contribution in [0.2, 0.25) is 0 Å². The molecule has 0 radical (unpaired) electrons. The molecule has 0 saturated heterocycles. The predicted octanol–water partition coefficient (Wildman–Crippen LogP) is 2.59. The Labute approximate surface area is 114 Å². The van der Waals surface area contributed by atoms with Gasteiger partial charge >= 0.3 is 0 Å². The van der Waals surface area contributed by atoms with E-state index in [4.69, 9.17) is 4.74 Å². The SMILES string of the molecule is CC(C)OCCNC(=O)c1ccc(F)cc1I. The van der Waals surface area contributed by atoms with E-state index in [2.05, 4.69) is 5.32 Å². The molecule has 0 heterocycles. The van der Waals surface area contributed by atoms with Crippen LogP contribution in [0, 0.1) is 9.39 Å². The quantitative estimate of drug-likeness (QED) is 0.654. The minimum atomic E-state index is -0.339. The molecule has 0 unspecified atom stereocenters. The van der Waals surface area contributed by atoms with Crippen molar-refractivity contribution in [2.75, 3.05) is 13.2 Å². The fourth-order valence-electron chi connectivity index (χ4n) is 1.23. The third-order valence-electron chi connectivity index (χ3n) is 2.01. The van der Waals surface area contributed by atoms with Crippen LogP contribution in [0.3, 0.4) is 0 Å². The molecule has 17 heavy (non-hydrogen) atoms. The molecular weight excluding hydrogens is 336 g/mol. The van der Waals surface area contributed by atoms with Gasteiger partial charge in [-0.1, -0.05) is 0 Å². The smallest absolute Gasteiger partial charge is 0.252 e. The van der Waals surface area contributed by atoms with Crippen LogP contribution < -0.4 is 5.32 Å². The summed E-state index contributed by atoms with van der Waals surface area (Å²) in [6.45, 7) is 4.79. The number of nitrogens with one attached hydrogen (secondary N) is 1. The number of hydrogen-bond acceptors (Lipinski definition) is 2. The standard InChI is InChI=1S/C12H15FINO2/c1-8(2)17-6-5-15-12(16)10-4-3-9(13)7-11(10)14/h3-4,7-8H,5-6H2,1-2H3,(H,15,16). The van der Waals surface area contributed by atoms with Crippen molar-refractivity contribution < 1.29 is 13.9 Å². The largest absolute Gasteiger partial charge is 0.377 e. The van der Waals surface area contributed by atoms with E-state index in [0.29, 0.717) is 22.3 Å². The molecule has 5 heteroatoms. The second-order valence-electron chi connectivity index (χ2n) is 3.80. The Morgan fingerprint density at radius 3 is 2.82 bits per heavy atom. The second kappa shape index (κ2) is 6.90. The first-order valence-corrected chi connectivity index (χ1v) is 6.43. The van der Waals surface area contributed by atoms with Gasteiger partial charge in [0.25, 0.3) is 5.91 Å². The highest BCUT2D eigenvalue weighted by Crippen LogP contribution is 2.13. The Hall–Kier alpha value is -0.690. The number of carbonyl (C=O) groups excluding carboxylic acids is 1. The molecule has 0 aliphatic rings. The van der Waals surface area contributed by atoms with Crippen molar-refractivity contribution in [1.29, 1.82) is 0 Å². The average Bonchev–Trinajstić information content (AvgIpc) is 2.23. The molecule has 0 fully saturated rings. The van der Waals surface area contributed by atoms with E-state index in [1.807, 2.05) is 36.4 Å². The molecule has 1 rings (SSSR count). The van der Waals surface area contributed by atoms with E-state index in [-0.39, 0.29) is 17.8 Å². The Kier molecular flexibility index (Phi) is 5.84. The highest BCUT2D eigenvalue weighted by Gasteiger charge is 2.09. The van der Waals surface area contributed by atoms with Crippen LogP contribution >= 0.6 is 22.6 Å². The summed E-state index contributed by atoms with van der Waals surface area (Å²) in [6, 6.07) is 4.09. The zero-order valence-corrected chi connectivity index (χ0v) is 12.0. The lowest BCUT2D eigenvalue weighted by atomic mass is 10.2. The van der Waals surface area contributed by atoms with E-state index < -0.39 is 0 Å². The first kappa shape index (κ1) is 14.4. The van der Waals surface area contributed by atoms with Gasteiger partial charge in [0.2, 0.25) is 0 Å². The van der Waals surface area contributed by atoms with Gasteiger partial charge in [0.15, 0.2) is 0 Å². The summed E-state index contributed by atoms with van der Waals surface area (Å²) in [5.74, 6) is -0.546. The molecular formula is C12H15FINO2. The molecule has 0 aromatic heterocycles. The molecule has 0 bridgehead atoms. The van der Waals surface area contributed by atoms with Gasteiger partial charge in [-0.25, -0.2) is 4.39 Å². The van der Waals surface area contributed by atoms with E-state index in [1.54, 1.807) is 0 Å². The zero-order valence-electron chi connectivity index (χ0n) is 9.80. The Balaban J connectivity index is 2.47. The van der Waals surface area contributed by atoms with Crippen LogP contribution in [0.1, 0.15) is 24.2 Å². The molecule has 1 N–H and O–H groups in total. The lowest BCUT2D eigenvalue weighted by molar-refractivity contribution is 0.0746. The van der Waals surface area contributed by atoms with Gasteiger partial charge in [0.1, 0.15) is 5.82 Å². The predicted molar refractivity (Wildman–Crippen MR) is 72.5 cm³/mol. The van der Waals surface area contributed by atoms with Gasteiger partial charge < -0.3 is 10.1 Å². The van der Waals surface area contributed by atoms with E-state index in [9.17, 15) is 9.18 Å². The summed E-state index contributed by atoms with van der Waals surface area (Å²) in [7, 11) is 0. The van der Waals surface area contributed by atoms with Gasteiger partial charge in [-0.3, -0.25) is 4.79 Å². The fourth-order valence-corrected chi connectivity index (χ4v) is 1.95. The average molecular weight is 351 g/mol. The lowest BCUT2D eigenvalue weighted by Gasteiger charge is -2.09. The molecule has 94 valence electrons. The zero-order chi connectivity index (χ0) is 12.8. The summed E-state index contributed by atoms with van der Waals surface area (Å²) in [6.07, 6.45) is 0.151. The maximum absolute atomic E-state index is 12.8. The van der Waals surface area contributed by atoms with Gasteiger partial charge in [-0.2, -0.15) is 0 Å². The van der Waals surface area contributed by atoms with Gasteiger partial charge in [0, 0.05) is 10.1 Å². The summed E-state index contributed by atoms with van der Waals surface area (Å²) in [5.41, 5.74) is 0.483. The fraction of sp³-hybridized carbons (Fsp3) is 0.417. The number of amides is 1. The number of hydrogen-bond donors (Lipinski definition) is 1. The van der Waals surface area contributed by atoms with Crippen molar-refractivity contribution in [3.05, 3.63) is 33.1 Å². The third-order valence-corrected chi connectivity index (χ3v) is 2.91. The number of benzene rings is 1. The Bertz CT molecular complexity index is 396. The van der Waals surface area contributed by atoms with Gasteiger partial charge in [-0.15, -0.1) is 0 Å². The topological polar surface area (TPSA) is 38.3 Å². The van der Waals surface area contributed by atoms with Crippen LogP contribution in [0.4, 0.5) is 4.39 Å². The summed E-state index contributed by atoms with van der Waals surface area (Å²) in [4.78, 5) is 11.7. The van der Waals surface area contributed by atoms with Crippen molar-refractivity contribution >= 4 is 28.5 Å². The van der Waals surface area contributed by atoms with Crippen molar-refractivity contribution in [3.8, 4) is 0 Å². The van der Waals surface area contributed by atoms with Gasteiger partial charge in [-0.05, 0) is 54.6 Å². The Morgan fingerprint density at radius 2 is 2.24 bits per heavy atom. The summed E-state index contributed by atoms with van der Waals surface area (Å²) in [5, 5.41) is 2.72. The minimum absolute atomic E-state index is 0.151. The van der Waals surface area contributed by atoms with Crippen LogP contribution in [-0.4, -0.2) is 25.2 Å². The first-order valence-electron chi connectivity index (χ1n) is 5.35. The Morgan fingerprint density at radius 1 is 1.53 bits per heavy atom. The second-order valence-corrected chi connectivity index (χ2v) is 4.96. The minimum Gasteiger partial charge on any atom is -0.377 e. The van der Waals surface area contributed by atoms with E-state index in [0.717, 1.165) is 0 Å². The monoisotopic (exact) mass is 351 g/mol. The molecule has 0 aliphatic heterocycles. The van der Waals surface area contributed by atoms with E-state index in [1.165, 1.54) is 18.2 Å². The first-order chi connectivity index (χ1) is 8.00. The van der Waals surface area contributed by atoms with Crippen LogP contribution in [0.15, 0.2) is 18.2 Å². The van der Waals surface area contributed by atoms with E-state index >= 15 is 0 Å². The lowest BCUT2D eigenvalue weighted by Crippen LogP contribution is -2.28. The van der Waals surface area contributed by atoms with Crippen molar-refractivity contribution in [1.82, 2.24) is 5.32 Å². The summed E-state index contributed by atoms with van der Waals surface area (Å²) < 4.78 is 18.8. The van der Waals surface area contributed by atoms with Crippen LogP contribution in [-0.2, 0) is 4.74 Å². The molecule has 3 nitrogen and oxygen atoms in total. The number of carbonyl (C=O) groups is 1. The summed E-state index contributed by atoms with van der Waals surface area (Å²) >= 11 is 1.94. The van der Waals surface area contributed by atoms with Gasteiger partial charge in [0.05, 0.1) is 18.3 Å². The molecule has 0 atom stereocenters. The maximum atomic E-state index is 12.8. The van der Waals surface area contributed by atoms with Crippen LogP contribution in [0.5, 0.6) is 0 Å². The van der Waals surface area contributed by atoms with Crippen molar-refractivity contribution in [3.63, 3.8) is 0 Å². The number of halogens is 2. The third kappa shape index (κ3) is 4.99. The highest BCUT2D eigenvalue weighted by atomic mass is 127. The molecule has 0 spiro atoms.